The molecule has 0 aliphatic carbocycles. The van der Waals surface area contributed by atoms with Crippen LogP contribution in [0.15, 0.2) is 52.3 Å². The zero-order valence-electron chi connectivity index (χ0n) is 14.7. The van der Waals surface area contributed by atoms with E-state index in [1.807, 2.05) is 0 Å². The number of nitrogens with one attached hydrogen (secondary N) is 1. The van der Waals surface area contributed by atoms with Gasteiger partial charge in [0, 0.05) is 30.2 Å². The van der Waals surface area contributed by atoms with Crippen LogP contribution in [0.5, 0.6) is 5.75 Å². The van der Waals surface area contributed by atoms with Crippen LogP contribution in [-0.4, -0.2) is 37.9 Å². The van der Waals surface area contributed by atoms with Crippen LogP contribution in [0.3, 0.4) is 0 Å². The highest BCUT2D eigenvalue weighted by molar-refractivity contribution is 7.90. The number of halogens is 1. The number of nitrogens with zero attached hydrogens (tertiary/aromatic N) is 1. The van der Waals surface area contributed by atoms with Crippen LogP contribution >= 0.6 is 12.4 Å². The average molecular weight is 399 g/mol. The summed E-state index contributed by atoms with van der Waals surface area (Å²) in [5.74, 6) is 0.563. The van der Waals surface area contributed by atoms with Crippen LogP contribution in [0.25, 0.3) is 5.69 Å². The smallest absolute Gasteiger partial charge is 0.258 e. The van der Waals surface area contributed by atoms with Crippen LogP contribution in [-0.2, 0) is 9.84 Å². The van der Waals surface area contributed by atoms with Crippen LogP contribution < -0.4 is 15.6 Å². The van der Waals surface area contributed by atoms with Gasteiger partial charge in [0.2, 0.25) is 0 Å². The lowest BCUT2D eigenvalue weighted by Gasteiger charge is -2.28. The third-order valence-corrected chi connectivity index (χ3v) is 5.44. The van der Waals surface area contributed by atoms with Gasteiger partial charge >= 0.3 is 0 Å². The molecule has 0 spiro atoms. The topological polar surface area (TPSA) is 77.4 Å². The van der Waals surface area contributed by atoms with Crippen molar-refractivity contribution in [2.24, 2.45) is 0 Å². The van der Waals surface area contributed by atoms with E-state index in [2.05, 4.69) is 12.2 Å². The fourth-order valence-corrected chi connectivity index (χ4v) is 3.62. The number of sulfone groups is 1. The Bertz CT molecular complexity index is 910. The number of piperidine rings is 1. The fraction of sp³-hybridized carbons (Fsp3) is 0.389. The van der Waals surface area contributed by atoms with Crippen LogP contribution in [0, 0.1) is 0 Å². The number of benzene rings is 1. The zero-order valence-corrected chi connectivity index (χ0v) is 16.3. The molecule has 26 heavy (non-hydrogen) atoms. The Morgan fingerprint density at radius 1 is 1.19 bits per heavy atom. The maximum absolute atomic E-state index is 12.4. The summed E-state index contributed by atoms with van der Waals surface area (Å²) in [4.78, 5) is 12.6. The van der Waals surface area contributed by atoms with Crippen molar-refractivity contribution in [2.75, 3.05) is 12.8 Å². The molecular weight excluding hydrogens is 376 g/mol. The lowest BCUT2D eigenvalue weighted by molar-refractivity contribution is 0.143. The summed E-state index contributed by atoms with van der Waals surface area (Å²) in [6.45, 7) is 3.03. The first-order chi connectivity index (χ1) is 11.8. The Morgan fingerprint density at radius 2 is 1.88 bits per heavy atom. The molecule has 2 aromatic rings. The Labute approximate surface area is 159 Å². The van der Waals surface area contributed by atoms with Crippen molar-refractivity contribution in [1.82, 2.24) is 9.88 Å². The summed E-state index contributed by atoms with van der Waals surface area (Å²) in [7, 11) is -3.25. The normalized spacial score (nSPS) is 20.2. The van der Waals surface area contributed by atoms with Crippen LogP contribution in [0.1, 0.15) is 19.8 Å². The van der Waals surface area contributed by atoms with E-state index < -0.39 is 9.84 Å². The van der Waals surface area contributed by atoms with Gasteiger partial charge in [-0.25, -0.2) is 8.42 Å². The van der Waals surface area contributed by atoms with Crippen LogP contribution in [0.2, 0.25) is 0 Å². The molecule has 1 saturated heterocycles. The monoisotopic (exact) mass is 398 g/mol. The van der Waals surface area contributed by atoms with E-state index >= 15 is 0 Å². The molecule has 1 fully saturated rings. The molecule has 0 amide bonds. The molecule has 1 aliphatic rings. The standard InChI is InChI=1S/C18H22N2O4S.ClH/c1-13-11-15(7-9-19-13)24-16-8-10-20(18(21)12-16)14-3-5-17(6-4-14)25(2,22)23;/h3-6,8,10,12-13,15,19H,7,9,11H2,1-2H3;1H. The molecule has 2 heterocycles. The van der Waals surface area contributed by atoms with Gasteiger partial charge in [-0.15, -0.1) is 12.4 Å². The zero-order chi connectivity index (χ0) is 18.0. The van der Waals surface area contributed by atoms with E-state index in [1.165, 1.54) is 22.8 Å². The molecule has 2 atom stereocenters. The molecule has 2 unspecified atom stereocenters. The van der Waals surface area contributed by atoms with Gasteiger partial charge < -0.3 is 10.1 Å². The van der Waals surface area contributed by atoms with E-state index in [9.17, 15) is 13.2 Å². The number of hydrogen-bond acceptors (Lipinski definition) is 5. The highest BCUT2D eigenvalue weighted by Gasteiger charge is 2.19. The number of rotatable bonds is 4. The van der Waals surface area contributed by atoms with Gasteiger partial charge in [0.25, 0.3) is 5.56 Å². The minimum absolute atomic E-state index is 0. The van der Waals surface area contributed by atoms with Gasteiger partial charge in [-0.1, -0.05) is 0 Å². The van der Waals surface area contributed by atoms with Gasteiger partial charge in [0.15, 0.2) is 9.84 Å². The number of hydrogen-bond donors (Lipinski definition) is 1. The van der Waals surface area contributed by atoms with Gasteiger partial charge in [0.1, 0.15) is 11.9 Å². The summed E-state index contributed by atoms with van der Waals surface area (Å²) in [5, 5.41) is 3.37. The Kier molecular flexibility index (Phi) is 6.49. The first kappa shape index (κ1) is 20.5. The molecule has 6 nitrogen and oxygen atoms in total. The van der Waals surface area contributed by atoms with Gasteiger partial charge in [-0.05, 0) is 56.6 Å². The minimum atomic E-state index is -3.25. The number of ether oxygens (including phenoxy) is 1. The molecule has 1 N–H and O–H groups in total. The van der Waals surface area contributed by atoms with Gasteiger partial charge in [0.05, 0.1) is 4.90 Å². The van der Waals surface area contributed by atoms with E-state index in [0.717, 1.165) is 25.6 Å². The summed E-state index contributed by atoms with van der Waals surface area (Å²) in [6.07, 6.45) is 4.75. The summed E-state index contributed by atoms with van der Waals surface area (Å²) in [6, 6.07) is 9.87. The molecule has 0 bridgehead atoms. The molecule has 3 rings (SSSR count). The van der Waals surface area contributed by atoms with Crippen molar-refractivity contribution in [3.05, 3.63) is 52.9 Å². The van der Waals surface area contributed by atoms with Crippen molar-refractivity contribution in [2.45, 2.75) is 36.8 Å². The van der Waals surface area contributed by atoms with E-state index in [4.69, 9.17) is 4.74 Å². The third kappa shape index (κ3) is 4.87. The SMILES string of the molecule is CC1CC(Oc2ccn(-c3ccc(S(C)(=O)=O)cc3)c(=O)c2)CCN1.Cl. The van der Waals surface area contributed by atoms with Crippen molar-refractivity contribution in [3.8, 4) is 11.4 Å². The Balaban J connectivity index is 0.00000243. The Hall–Kier alpha value is -1.83. The van der Waals surface area contributed by atoms with E-state index in [0.29, 0.717) is 17.5 Å². The molecule has 0 saturated carbocycles. The maximum Gasteiger partial charge on any atom is 0.258 e. The highest BCUT2D eigenvalue weighted by atomic mass is 35.5. The van der Waals surface area contributed by atoms with E-state index in [-0.39, 0.29) is 29.0 Å². The average Bonchev–Trinajstić information content (AvgIpc) is 2.54. The van der Waals surface area contributed by atoms with Gasteiger partial charge in [-0.3, -0.25) is 9.36 Å². The first-order valence-electron chi connectivity index (χ1n) is 8.26. The third-order valence-electron chi connectivity index (χ3n) is 4.31. The van der Waals surface area contributed by atoms with Crippen LogP contribution in [0.4, 0.5) is 0 Å². The maximum atomic E-state index is 12.4. The molecule has 0 radical (unpaired) electrons. The second-order valence-electron chi connectivity index (χ2n) is 6.46. The largest absolute Gasteiger partial charge is 0.490 e. The molecule has 1 aliphatic heterocycles. The van der Waals surface area contributed by atoms with Crippen molar-refractivity contribution >= 4 is 22.2 Å². The fourth-order valence-electron chi connectivity index (χ4n) is 2.99. The summed E-state index contributed by atoms with van der Waals surface area (Å²) >= 11 is 0. The second kappa shape index (κ2) is 8.24. The molecule has 8 heteroatoms. The highest BCUT2D eigenvalue weighted by Crippen LogP contribution is 2.18. The Morgan fingerprint density at radius 3 is 2.46 bits per heavy atom. The van der Waals surface area contributed by atoms with E-state index in [1.54, 1.807) is 24.4 Å². The molecule has 1 aromatic carbocycles. The second-order valence-corrected chi connectivity index (χ2v) is 8.47. The number of aromatic nitrogens is 1. The summed E-state index contributed by atoms with van der Waals surface area (Å²) in [5.41, 5.74) is 0.394. The quantitative estimate of drug-likeness (QED) is 0.854. The van der Waals surface area contributed by atoms with Crippen molar-refractivity contribution in [3.63, 3.8) is 0 Å². The lowest BCUT2D eigenvalue weighted by Crippen LogP contribution is -2.40. The first-order valence-corrected chi connectivity index (χ1v) is 10.2. The lowest BCUT2D eigenvalue weighted by atomic mass is 10.0. The van der Waals surface area contributed by atoms with Crippen molar-refractivity contribution < 1.29 is 13.2 Å². The van der Waals surface area contributed by atoms with Gasteiger partial charge in [-0.2, -0.15) is 0 Å². The molecule has 142 valence electrons. The number of pyridine rings is 1. The minimum Gasteiger partial charge on any atom is -0.490 e. The molecule has 1 aromatic heterocycles. The predicted molar refractivity (Wildman–Crippen MR) is 104 cm³/mol. The van der Waals surface area contributed by atoms with Crippen molar-refractivity contribution in [1.29, 1.82) is 0 Å². The predicted octanol–water partition coefficient (Wildman–Crippen LogP) is 2.18. The molecular formula is C18H23ClN2O4S. The summed E-state index contributed by atoms with van der Waals surface area (Å²) < 4.78 is 30.4.